The van der Waals surface area contributed by atoms with Gasteiger partial charge in [-0.25, -0.2) is 13.4 Å². The molecule has 0 radical (unpaired) electrons. The van der Waals surface area contributed by atoms with Crippen LogP contribution in [0.1, 0.15) is 13.3 Å². The van der Waals surface area contributed by atoms with Crippen LogP contribution in [0.3, 0.4) is 0 Å². The van der Waals surface area contributed by atoms with Crippen molar-refractivity contribution in [3.05, 3.63) is 75.6 Å². The predicted octanol–water partition coefficient (Wildman–Crippen LogP) is 3.02. The molecule has 1 N–H and O–H groups in total. The second-order valence-corrected chi connectivity index (χ2v) is 8.90. The molecule has 0 saturated carbocycles. The van der Waals surface area contributed by atoms with E-state index in [9.17, 15) is 13.2 Å². The molecule has 0 aliphatic carbocycles. The fourth-order valence-corrected chi connectivity index (χ4v) is 4.76. The summed E-state index contributed by atoms with van der Waals surface area (Å²) < 4.78 is 29.3. The summed E-state index contributed by atoms with van der Waals surface area (Å²) in [7, 11) is -4.03. The van der Waals surface area contributed by atoms with Crippen molar-refractivity contribution in [2.24, 2.45) is 0 Å². The van der Waals surface area contributed by atoms with E-state index in [4.69, 9.17) is 17.0 Å². The third kappa shape index (κ3) is 3.14. The standard InChI is InChI=1S/C20H17ClN4O3S/c1-2-10-25-18(22)16(29(27,28)14-8-6-13(21)7-9-14)12-15-19(25)23-17-5-3-4-11-24(17)20(15)26/h3-9,11-12,22H,2,10H2,1H3. The molecule has 7 nitrogen and oxygen atoms in total. The van der Waals surface area contributed by atoms with E-state index in [1.807, 2.05) is 6.92 Å². The lowest BCUT2D eigenvalue weighted by atomic mass is 10.3. The lowest BCUT2D eigenvalue weighted by Gasteiger charge is -2.14. The monoisotopic (exact) mass is 428 g/mol. The SMILES string of the molecule is CCCn1c(=N)c(S(=O)(=O)c2ccc(Cl)cc2)cc2c(=O)n3ccccc3nc21. The van der Waals surface area contributed by atoms with Crippen LogP contribution in [0.4, 0.5) is 0 Å². The summed E-state index contributed by atoms with van der Waals surface area (Å²) in [5, 5.41) is 9.12. The van der Waals surface area contributed by atoms with Gasteiger partial charge < -0.3 is 4.57 Å². The number of nitrogens with one attached hydrogen (secondary N) is 1. The number of aryl methyl sites for hydroxylation is 1. The van der Waals surface area contributed by atoms with Crippen LogP contribution in [0.5, 0.6) is 0 Å². The quantitative estimate of drug-likeness (QED) is 0.505. The summed E-state index contributed by atoms with van der Waals surface area (Å²) in [4.78, 5) is 17.3. The van der Waals surface area contributed by atoms with E-state index in [1.54, 1.807) is 24.4 Å². The molecule has 0 aliphatic heterocycles. The lowest BCUT2D eigenvalue weighted by molar-refractivity contribution is 0.586. The summed E-state index contributed by atoms with van der Waals surface area (Å²) in [5.41, 5.74) is 0.134. The van der Waals surface area contributed by atoms with Gasteiger partial charge in [-0.3, -0.25) is 14.6 Å². The number of sulfone groups is 1. The number of aromatic nitrogens is 3. The number of benzene rings is 1. The minimum absolute atomic E-state index is 0.00616. The normalized spacial score (nSPS) is 11.9. The number of nitrogens with zero attached hydrogens (tertiary/aromatic N) is 3. The Hall–Kier alpha value is -2.97. The first kappa shape index (κ1) is 19.4. The molecule has 148 valence electrons. The average Bonchev–Trinajstić information content (AvgIpc) is 2.70. The number of halogens is 1. The maximum Gasteiger partial charge on any atom is 0.267 e. The maximum atomic E-state index is 13.2. The summed E-state index contributed by atoms with van der Waals surface area (Å²) in [6.07, 6.45) is 2.22. The van der Waals surface area contributed by atoms with Crippen molar-refractivity contribution in [2.45, 2.75) is 29.7 Å². The number of rotatable bonds is 4. The zero-order chi connectivity index (χ0) is 20.8. The highest BCUT2D eigenvalue weighted by atomic mass is 35.5. The topological polar surface area (TPSA) is 97.3 Å². The molecule has 0 amide bonds. The second kappa shape index (κ2) is 7.13. The van der Waals surface area contributed by atoms with Crippen LogP contribution in [0.25, 0.3) is 16.7 Å². The van der Waals surface area contributed by atoms with E-state index in [2.05, 4.69) is 4.98 Å². The summed E-state index contributed by atoms with van der Waals surface area (Å²) in [6, 6.07) is 12.1. The molecule has 0 fully saturated rings. The van der Waals surface area contributed by atoms with E-state index in [0.29, 0.717) is 29.3 Å². The van der Waals surface area contributed by atoms with E-state index < -0.39 is 9.84 Å². The highest BCUT2D eigenvalue weighted by molar-refractivity contribution is 7.91. The fourth-order valence-electron chi connectivity index (χ4n) is 3.25. The third-order valence-electron chi connectivity index (χ3n) is 4.64. The van der Waals surface area contributed by atoms with Crippen molar-refractivity contribution < 1.29 is 8.42 Å². The van der Waals surface area contributed by atoms with Crippen LogP contribution < -0.4 is 11.0 Å². The van der Waals surface area contributed by atoms with Gasteiger partial charge in [0.05, 0.1) is 10.3 Å². The molecule has 3 heterocycles. The van der Waals surface area contributed by atoms with E-state index in [0.717, 1.165) is 0 Å². The Morgan fingerprint density at radius 2 is 1.86 bits per heavy atom. The zero-order valence-electron chi connectivity index (χ0n) is 15.5. The van der Waals surface area contributed by atoms with Gasteiger partial charge in [-0.2, -0.15) is 0 Å². The molecule has 0 aliphatic rings. The van der Waals surface area contributed by atoms with Crippen molar-refractivity contribution in [1.29, 1.82) is 5.41 Å². The highest BCUT2D eigenvalue weighted by Gasteiger charge is 2.24. The first-order chi connectivity index (χ1) is 13.8. The molecule has 1 aromatic carbocycles. The van der Waals surface area contributed by atoms with Crippen molar-refractivity contribution in [3.8, 4) is 0 Å². The second-order valence-electron chi connectivity index (χ2n) is 6.55. The molecule has 4 rings (SSSR count). The Kier molecular flexibility index (Phi) is 4.76. The fraction of sp³-hybridized carbons (Fsp3) is 0.150. The number of hydrogen-bond donors (Lipinski definition) is 1. The summed E-state index contributed by atoms with van der Waals surface area (Å²) >= 11 is 5.87. The summed E-state index contributed by atoms with van der Waals surface area (Å²) in [5.74, 6) is 0. The van der Waals surface area contributed by atoms with Gasteiger partial charge in [-0.15, -0.1) is 0 Å². The van der Waals surface area contributed by atoms with Crippen LogP contribution in [-0.2, 0) is 16.4 Å². The molecule has 0 atom stereocenters. The van der Waals surface area contributed by atoms with E-state index in [-0.39, 0.29) is 26.2 Å². The van der Waals surface area contributed by atoms with Gasteiger partial charge in [0.1, 0.15) is 21.7 Å². The van der Waals surface area contributed by atoms with Gasteiger partial charge in [0.15, 0.2) is 0 Å². The smallest absolute Gasteiger partial charge is 0.267 e. The Morgan fingerprint density at radius 3 is 2.55 bits per heavy atom. The van der Waals surface area contributed by atoms with Crippen molar-refractivity contribution in [2.75, 3.05) is 0 Å². The molecule has 0 bridgehead atoms. The first-order valence-corrected chi connectivity index (χ1v) is 10.8. The number of fused-ring (bicyclic) bond motifs is 2. The Bertz CT molecular complexity index is 1470. The molecular formula is C20H17ClN4O3S. The minimum Gasteiger partial charge on any atom is -0.310 e. The predicted molar refractivity (Wildman–Crippen MR) is 110 cm³/mol. The number of hydrogen-bond acceptors (Lipinski definition) is 5. The van der Waals surface area contributed by atoms with Crippen LogP contribution in [0.15, 0.2) is 69.3 Å². The summed E-state index contributed by atoms with van der Waals surface area (Å²) in [6.45, 7) is 2.27. The van der Waals surface area contributed by atoms with Crippen LogP contribution >= 0.6 is 11.6 Å². The molecule has 0 unspecified atom stereocenters. The van der Waals surface area contributed by atoms with Gasteiger partial charge in [0.2, 0.25) is 9.84 Å². The third-order valence-corrected chi connectivity index (χ3v) is 6.68. The van der Waals surface area contributed by atoms with Gasteiger partial charge in [-0.05, 0) is 48.9 Å². The minimum atomic E-state index is -4.03. The van der Waals surface area contributed by atoms with Crippen molar-refractivity contribution in [1.82, 2.24) is 14.0 Å². The molecule has 4 aromatic rings. The lowest BCUT2D eigenvalue weighted by Crippen LogP contribution is -2.30. The first-order valence-electron chi connectivity index (χ1n) is 8.95. The van der Waals surface area contributed by atoms with Crippen molar-refractivity contribution >= 4 is 38.1 Å². The van der Waals surface area contributed by atoms with Gasteiger partial charge in [0.25, 0.3) is 5.56 Å². The average molecular weight is 429 g/mol. The molecule has 29 heavy (non-hydrogen) atoms. The molecular weight excluding hydrogens is 412 g/mol. The van der Waals surface area contributed by atoms with Gasteiger partial charge in [-0.1, -0.05) is 24.6 Å². The highest BCUT2D eigenvalue weighted by Crippen LogP contribution is 2.22. The molecule has 0 spiro atoms. The molecule has 9 heteroatoms. The van der Waals surface area contributed by atoms with Crippen LogP contribution in [0.2, 0.25) is 5.02 Å². The molecule has 3 aromatic heterocycles. The Balaban J connectivity index is 2.13. The maximum absolute atomic E-state index is 13.2. The van der Waals surface area contributed by atoms with Crippen molar-refractivity contribution in [3.63, 3.8) is 0 Å². The zero-order valence-corrected chi connectivity index (χ0v) is 17.0. The largest absolute Gasteiger partial charge is 0.310 e. The Labute approximate surface area is 171 Å². The molecule has 0 saturated heterocycles. The van der Waals surface area contributed by atoms with E-state index >= 15 is 0 Å². The number of pyridine rings is 2. The Morgan fingerprint density at radius 1 is 1.14 bits per heavy atom. The van der Waals surface area contributed by atoms with E-state index in [1.165, 1.54) is 39.3 Å². The van der Waals surface area contributed by atoms with Gasteiger partial charge >= 0.3 is 0 Å². The van der Waals surface area contributed by atoms with Crippen LogP contribution in [0, 0.1) is 5.41 Å². The van der Waals surface area contributed by atoms with Crippen LogP contribution in [-0.4, -0.2) is 22.4 Å². The van der Waals surface area contributed by atoms with Gasteiger partial charge in [0, 0.05) is 17.8 Å².